The maximum Gasteiger partial charge on any atom is 0.240 e. The fourth-order valence-corrected chi connectivity index (χ4v) is 1.57. The van der Waals surface area contributed by atoms with E-state index in [1.807, 2.05) is 6.92 Å². The molecule has 2 N–H and O–H groups in total. The van der Waals surface area contributed by atoms with Gasteiger partial charge in [0.05, 0.1) is 18.9 Å². The third kappa shape index (κ3) is 3.80. The van der Waals surface area contributed by atoms with Crippen LogP contribution in [-0.4, -0.2) is 18.2 Å². The van der Waals surface area contributed by atoms with E-state index in [2.05, 4.69) is 4.98 Å². The van der Waals surface area contributed by atoms with Gasteiger partial charge in [-0.2, -0.15) is 4.98 Å². The predicted molar refractivity (Wildman–Crippen MR) is 67.3 cm³/mol. The highest BCUT2D eigenvalue weighted by atomic mass is 16.5. The molecule has 0 bridgehead atoms. The van der Waals surface area contributed by atoms with E-state index in [-0.39, 0.29) is 0 Å². The summed E-state index contributed by atoms with van der Waals surface area (Å²) in [5, 5.41) is 0. The predicted octanol–water partition coefficient (Wildman–Crippen LogP) is 2.63. The van der Waals surface area contributed by atoms with Crippen molar-refractivity contribution in [2.45, 2.75) is 32.6 Å². The molecule has 0 aromatic carbocycles. The van der Waals surface area contributed by atoms with Gasteiger partial charge in [-0.1, -0.05) is 19.8 Å². The van der Waals surface area contributed by atoms with Crippen molar-refractivity contribution in [2.75, 3.05) is 18.9 Å². The maximum absolute atomic E-state index is 5.77. The molecular weight excluding hydrogens is 216 g/mol. The van der Waals surface area contributed by atoms with Gasteiger partial charge in [0.2, 0.25) is 11.8 Å². The number of ether oxygens (including phenoxy) is 2. The zero-order chi connectivity index (χ0) is 12.1. The van der Waals surface area contributed by atoms with E-state index in [1.54, 1.807) is 12.1 Å². The first-order chi connectivity index (χ1) is 8.29. The molecule has 0 aliphatic heterocycles. The summed E-state index contributed by atoms with van der Waals surface area (Å²) in [5.74, 6) is 1.96. The maximum atomic E-state index is 5.77. The van der Waals surface area contributed by atoms with Gasteiger partial charge in [-0.25, -0.2) is 0 Å². The van der Waals surface area contributed by atoms with Crippen LogP contribution >= 0.6 is 0 Å². The van der Waals surface area contributed by atoms with Crippen molar-refractivity contribution in [1.82, 2.24) is 4.98 Å². The number of nitrogen functional groups attached to an aromatic ring is 1. The highest BCUT2D eigenvalue weighted by Crippen LogP contribution is 2.32. The summed E-state index contributed by atoms with van der Waals surface area (Å²) < 4.78 is 11.0. The van der Waals surface area contributed by atoms with Crippen LogP contribution in [0.2, 0.25) is 0 Å². The zero-order valence-corrected chi connectivity index (χ0v) is 10.3. The summed E-state index contributed by atoms with van der Waals surface area (Å²) in [6, 6.07) is 3.57. The molecule has 1 aliphatic carbocycles. The number of pyridine rings is 1. The third-order valence-electron chi connectivity index (χ3n) is 2.78. The number of nitrogens with two attached hydrogens (primary N) is 1. The van der Waals surface area contributed by atoms with Crippen molar-refractivity contribution in [3.05, 3.63) is 12.1 Å². The van der Waals surface area contributed by atoms with Crippen LogP contribution in [0.3, 0.4) is 0 Å². The molecule has 1 aromatic heterocycles. The normalized spacial score (nSPS) is 14.6. The number of hydrogen-bond acceptors (Lipinski definition) is 4. The van der Waals surface area contributed by atoms with Crippen molar-refractivity contribution >= 4 is 5.69 Å². The van der Waals surface area contributed by atoms with Crippen LogP contribution in [0.1, 0.15) is 32.6 Å². The number of nitrogens with zero attached hydrogens (tertiary/aromatic N) is 1. The lowest BCUT2D eigenvalue weighted by molar-refractivity contribution is 0.273. The molecule has 0 spiro atoms. The molecule has 94 valence electrons. The Morgan fingerprint density at radius 3 is 2.82 bits per heavy atom. The standard InChI is InChI=1S/C13H20N2O2/c1-2-8-17-13-11(14)5-6-12(15-13)16-9-7-10-3-4-10/h5-6,10H,2-4,7-9,14H2,1H3. The Morgan fingerprint density at radius 2 is 2.12 bits per heavy atom. The van der Waals surface area contributed by atoms with Crippen molar-refractivity contribution < 1.29 is 9.47 Å². The van der Waals surface area contributed by atoms with E-state index in [0.29, 0.717) is 24.1 Å². The van der Waals surface area contributed by atoms with Gasteiger partial charge >= 0.3 is 0 Å². The van der Waals surface area contributed by atoms with Gasteiger partial charge in [0.15, 0.2) is 0 Å². The van der Waals surface area contributed by atoms with Crippen molar-refractivity contribution in [1.29, 1.82) is 0 Å². The van der Waals surface area contributed by atoms with E-state index < -0.39 is 0 Å². The molecule has 0 amide bonds. The first-order valence-electron chi connectivity index (χ1n) is 6.31. The molecule has 0 unspecified atom stereocenters. The molecule has 4 heteroatoms. The Hall–Kier alpha value is -1.45. The molecule has 0 radical (unpaired) electrons. The number of hydrogen-bond donors (Lipinski definition) is 1. The van der Waals surface area contributed by atoms with Crippen LogP contribution in [0, 0.1) is 5.92 Å². The first kappa shape index (κ1) is 12.0. The van der Waals surface area contributed by atoms with Crippen molar-refractivity contribution in [3.8, 4) is 11.8 Å². The van der Waals surface area contributed by atoms with Gasteiger partial charge in [0.1, 0.15) is 0 Å². The average Bonchev–Trinajstić information content (AvgIpc) is 3.13. The molecule has 4 nitrogen and oxygen atoms in total. The van der Waals surface area contributed by atoms with E-state index in [9.17, 15) is 0 Å². The van der Waals surface area contributed by atoms with Gasteiger partial charge in [0, 0.05) is 6.07 Å². The highest BCUT2D eigenvalue weighted by Gasteiger charge is 2.20. The lowest BCUT2D eigenvalue weighted by atomic mass is 10.3. The Bertz CT molecular complexity index is 364. The second-order valence-electron chi connectivity index (χ2n) is 4.47. The largest absolute Gasteiger partial charge is 0.478 e. The molecular formula is C13H20N2O2. The Kier molecular flexibility index (Phi) is 4.07. The van der Waals surface area contributed by atoms with Crippen LogP contribution in [0.5, 0.6) is 11.8 Å². The summed E-state index contributed by atoms with van der Waals surface area (Å²) >= 11 is 0. The average molecular weight is 236 g/mol. The van der Waals surface area contributed by atoms with E-state index in [4.69, 9.17) is 15.2 Å². The minimum absolute atomic E-state index is 0.482. The zero-order valence-electron chi connectivity index (χ0n) is 10.3. The molecule has 0 saturated heterocycles. The number of aromatic nitrogens is 1. The Labute approximate surface area is 102 Å². The second kappa shape index (κ2) is 5.75. The van der Waals surface area contributed by atoms with Gasteiger partial charge in [-0.15, -0.1) is 0 Å². The van der Waals surface area contributed by atoms with Crippen LogP contribution in [0.25, 0.3) is 0 Å². The Morgan fingerprint density at radius 1 is 1.29 bits per heavy atom. The topological polar surface area (TPSA) is 57.4 Å². The highest BCUT2D eigenvalue weighted by molar-refractivity contribution is 5.49. The van der Waals surface area contributed by atoms with E-state index in [0.717, 1.165) is 25.4 Å². The molecule has 1 aliphatic rings. The minimum atomic E-state index is 0.482. The van der Waals surface area contributed by atoms with E-state index in [1.165, 1.54) is 12.8 Å². The SMILES string of the molecule is CCCOc1nc(OCCC2CC2)ccc1N. The molecule has 1 saturated carbocycles. The lowest BCUT2D eigenvalue weighted by Crippen LogP contribution is -2.04. The minimum Gasteiger partial charge on any atom is -0.478 e. The molecule has 1 aromatic rings. The summed E-state index contributed by atoms with van der Waals surface area (Å²) in [5.41, 5.74) is 6.34. The van der Waals surface area contributed by atoms with Crippen LogP contribution in [-0.2, 0) is 0 Å². The quantitative estimate of drug-likeness (QED) is 0.790. The lowest BCUT2D eigenvalue weighted by Gasteiger charge is -2.09. The molecule has 0 atom stereocenters. The van der Waals surface area contributed by atoms with Crippen LogP contribution < -0.4 is 15.2 Å². The number of anilines is 1. The van der Waals surface area contributed by atoms with E-state index >= 15 is 0 Å². The molecule has 2 rings (SSSR count). The van der Waals surface area contributed by atoms with Crippen LogP contribution in [0.4, 0.5) is 5.69 Å². The van der Waals surface area contributed by atoms with Crippen molar-refractivity contribution in [3.63, 3.8) is 0 Å². The second-order valence-corrected chi connectivity index (χ2v) is 4.47. The molecule has 1 fully saturated rings. The smallest absolute Gasteiger partial charge is 0.240 e. The van der Waals surface area contributed by atoms with Gasteiger partial charge in [-0.3, -0.25) is 0 Å². The molecule has 1 heterocycles. The molecule has 17 heavy (non-hydrogen) atoms. The van der Waals surface area contributed by atoms with Gasteiger partial charge in [0.25, 0.3) is 0 Å². The van der Waals surface area contributed by atoms with Gasteiger partial charge in [-0.05, 0) is 24.8 Å². The summed E-state index contributed by atoms with van der Waals surface area (Å²) in [6.45, 7) is 3.41. The fourth-order valence-electron chi connectivity index (χ4n) is 1.57. The Balaban J connectivity index is 1.87. The third-order valence-corrected chi connectivity index (χ3v) is 2.78. The fraction of sp³-hybridized carbons (Fsp3) is 0.615. The summed E-state index contributed by atoms with van der Waals surface area (Å²) in [6.07, 6.45) is 4.76. The number of rotatable bonds is 7. The van der Waals surface area contributed by atoms with Crippen molar-refractivity contribution in [2.24, 2.45) is 5.92 Å². The summed E-state index contributed by atoms with van der Waals surface area (Å²) in [7, 11) is 0. The van der Waals surface area contributed by atoms with Gasteiger partial charge < -0.3 is 15.2 Å². The monoisotopic (exact) mass is 236 g/mol. The first-order valence-corrected chi connectivity index (χ1v) is 6.31. The summed E-state index contributed by atoms with van der Waals surface area (Å²) in [4.78, 5) is 4.26. The van der Waals surface area contributed by atoms with Crippen LogP contribution in [0.15, 0.2) is 12.1 Å².